The minimum absolute atomic E-state index is 0.0447. The summed E-state index contributed by atoms with van der Waals surface area (Å²) in [6.07, 6.45) is 7.97. The molecule has 1 saturated carbocycles. The van der Waals surface area contributed by atoms with Crippen molar-refractivity contribution in [1.82, 2.24) is 10.9 Å². The van der Waals surface area contributed by atoms with Crippen LogP contribution in [0.1, 0.15) is 66.4 Å². The molecule has 1 aromatic rings. The van der Waals surface area contributed by atoms with Crippen molar-refractivity contribution in [3.63, 3.8) is 0 Å². The molecular weight excluding hydrogens is 296 g/mol. The van der Waals surface area contributed by atoms with Crippen LogP contribution in [0.15, 0.2) is 12.1 Å². The van der Waals surface area contributed by atoms with Gasteiger partial charge < -0.3 is 0 Å². The number of unbranched alkanes of at least 4 members (excludes halogenated alkanes) is 1. The van der Waals surface area contributed by atoms with Crippen LogP contribution < -0.4 is 10.9 Å². The highest BCUT2D eigenvalue weighted by atomic mass is 32.1. The van der Waals surface area contributed by atoms with E-state index >= 15 is 0 Å². The fourth-order valence-electron chi connectivity index (χ4n) is 3.04. The molecule has 0 aromatic carbocycles. The fraction of sp³-hybridized carbons (Fsp3) is 0.647. The molecule has 1 fully saturated rings. The number of thiophene rings is 1. The molecule has 5 heteroatoms. The summed E-state index contributed by atoms with van der Waals surface area (Å²) in [5.41, 5.74) is 5.11. The molecule has 0 saturated heterocycles. The van der Waals surface area contributed by atoms with Gasteiger partial charge in [-0.15, -0.1) is 11.3 Å². The van der Waals surface area contributed by atoms with Crippen LogP contribution in [0.3, 0.4) is 0 Å². The summed E-state index contributed by atoms with van der Waals surface area (Å²) in [6, 6.07) is 3.68. The highest BCUT2D eigenvalue weighted by Crippen LogP contribution is 2.31. The van der Waals surface area contributed by atoms with E-state index in [-0.39, 0.29) is 17.7 Å². The second-order valence-corrected chi connectivity index (χ2v) is 7.50. The van der Waals surface area contributed by atoms with Crippen LogP contribution in [-0.4, -0.2) is 11.8 Å². The number of aryl methyl sites for hydroxylation is 1. The second-order valence-electron chi connectivity index (χ2n) is 6.21. The van der Waals surface area contributed by atoms with Gasteiger partial charge >= 0.3 is 0 Å². The quantitative estimate of drug-likeness (QED) is 0.810. The average molecular weight is 322 g/mol. The zero-order valence-electron chi connectivity index (χ0n) is 13.5. The first-order chi connectivity index (χ1) is 10.6. The molecule has 0 aliphatic heterocycles. The van der Waals surface area contributed by atoms with Crippen molar-refractivity contribution in [1.29, 1.82) is 0 Å². The zero-order chi connectivity index (χ0) is 15.9. The van der Waals surface area contributed by atoms with Gasteiger partial charge in [-0.05, 0) is 50.7 Å². The molecule has 1 aliphatic rings. The van der Waals surface area contributed by atoms with E-state index < -0.39 is 0 Å². The summed E-state index contributed by atoms with van der Waals surface area (Å²) >= 11 is 1.43. The summed E-state index contributed by atoms with van der Waals surface area (Å²) in [5, 5.41) is 0. The van der Waals surface area contributed by atoms with Gasteiger partial charge in [0.05, 0.1) is 4.88 Å². The van der Waals surface area contributed by atoms with Gasteiger partial charge in [0, 0.05) is 10.8 Å². The van der Waals surface area contributed by atoms with Crippen LogP contribution in [-0.2, 0) is 4.79 Å². The molecule has 2 amide bonds. The number of carbonyl (C=O) groups is 2. The first kappa shape index (κ1) is 17.0. The SMILES string of the molecule is CCCCC1CCC(C(=O)NNC(=O)c2ccc(C)s2)CC1. The predicted molar refractivity (Wildman–Crippen MR) is 89.6 cm³/mol. The molecule has 2 N–H and O–H groups in total. The lowest BCUT2D eigenvalue weighted by Gasteiger charge is -2.27. The molecule has 22 heavy (non-hydrogen) atoms. The van der Waals surface area contributed by atoms with Gasteiger partial charge in [-0.1, -0.05) is 26.2 Å². The molecule has 1 heterocycles. The van der Waals surface area contributed by atoms with Crippen molar-refractivity contribution in [2.45, 2.75) is 58.8 Å². The Hall–Kier alpha value is -1.36. The van der Waals surface area contributed by atoms with Gasteiger partial charge in [0.15, 0.2) is 0 Å². The number of hydrogen-bond acceptors (Lipinski definition) is 3. The predicted octanol–water partition coefficient (Wildman–Crippen LogP) is 3.81. The molecule has 0 bridgehead atoms. The van der Waals surface area contributed by atoms with E-state index in [1.54, 1.807) is 6.07 Å². The minimum atomic E-state index is -0.233. The third-order valence-corrected chi connectivity index (χ3v) is 5.45. The Kier molecular flexibility index (Phi) is 6.43. The molecule has 4 nitrogen and oxygen atoms in total. The minimum Gasteiger partial charge on any atom is -0.273 e. The van der Waals surface area contributed by atoms with Gasteiger partial charge in [-0.2, -0.15) is 0 Å². The average Bonchev–Trinajstić information content (AvgIpc) is 2.97. The standard InChI is InChI=1S/C17H26N2O2S/c1-3-4-5-13-7-9-14(10-8-13)16(20)18-19-17(21)15-11-6-12(2)22-15/h6,11,13-14H,3-5,7-10H2,1-2H3,(H,18,20)(H,19,21). The molecule has 122 valence electrons. The fourth-order valence-corrected chi connectivity index (χ4v) is 3.81. The van der Waals surface area contributed by atoms with Crippen molar-refractivity contribution < 1.29 is 9.59 Å². The van der Waals surface area contributed by atoms with Gasteiger partial charge in [0.2, 0.25) is 5.91 Å². The molecule has 0 atom stereocenters. The third-order valence-electron chi connectivity index (χ3n) is 4.45. The Balaban J connectivity index is 1.71. The number of rotatable bonds is 5. The molecule has 2 rings (SSSR count). The Labute approximate surface area is 136 Å². The van der Waals surface area contributed by atoms with E-state index in [0.29, 0.717) is 4.88 Å². The second kappa shape index (κ2) is 8.32. The van der Waals surface area contributed by atoms with Crippen LogP contribution >= 0.6 is 11.3 Å². The number of amides is 2. The van der Waals surface area contributed by atoms with E-state index in [1.807, 2.05) is 13.0 Å². The monoisotopic (exact) mass is 322 g/mol. The summed E-state index contributed by atoms with van der Waals surface area (Å²) in [4.78, 5) is 25.7. The van der Waals surface area contributed by atoms with Crippen molar-refractivity contribution in [3.8, 4) is 0 Å². The third kappa shape index (κ3) is 4.83. The van der Waals surface area contributed by atoms with Gasteiger partial charge in [0.1, 0.15) is 0 Å². The highest BCUT2D eigenvalue weighted by molar-refractivity contribution is 7.13. The van der Waals surface area contributed by atoms with Crippen LogP contribution in [0.25, 0.3) is 0 Å². The van der Waals surface area contributed by atoms with E-state index in [0.717, 1.165) is 36.5 Å². The summed E-state index contributed by atoms with van der Waals surface area (Å²) < 4.78 is 0. The number of hydrogen-bond donors (Lipinski definition) is 2. The topological polar surface area (TPSA) is 58.2 Å². The largest absolute Gasteiger partial charge is 0.279 e. The summed E-state index contributed by atoms with van der Waals surface area (Å²) in [6.45, 7) is 4.17. The Morgan fingerprint density at radius 3 is 2.50 bits per heavy atom. The Bertz CT molecular complexity index is 505. The first-order valence-electron chi connectivity index (χ1n) is 8.26. The Morgan fingerprint density at radius 2 is 1.91 bits per heavy atom. The molecule has 0 unspecified atom stereocenters. The van der Waals surface area contributed by atoms with Crippen molar-refractivity contribution in [2.24, 2.45) is 11.8 Å². The maximum Gasteiger partial charge on any atom is 0.279 e. The van der Waals surface area contributed by atoms with Crippen LogP contribution in [0.5, 0.6) is 0 Å². The Morgan fingerprint density at radius 1 is 1.18 bits per heavy atom. The number of nitrogens with one attached hydrogen (secondary N) is 2. The molecule has 0 radical (unpaired) electrons. The van der Waals surface area contributed by atoms with Crippen molar-refractivity contribution in [2.75, 3.05) is 0 Å². The van der Waals surface area contributed by atoms with Crippen molar-refractivity contribution in [3.05, 3.63) is 21.9 Å². The maximum atomic E-state index is 12.1. The van der Waals surface area contributed by atoms with Crippen LogP contribution in [0, 0.1) is 18.8 Å². The van der Waals surface area contributed by atoms with Gasteiger partial charge in [-0.25, -0.2) is 0 Å². The molecule has 1 aromatic heterocycles. The lowest BCUT2D eigenvalue weighted by atomic mass is 9.79. The maximum absolute atomic E-state index is 12.1. The highest BCUT2D eigenvalue weighted by Gasteiger charge is 2.26. The van der Waals surface area contributed by atoms with Crippen molar-refractivity contribution >= 4 is 23.2 Å². The molecule has 1 aliphatic carbocycles. The number of hydrazine groups is 1. The molecular formula is C17H26N2O2S. The van der Waals surface area contributed by atoms with E-state index in [1.165, 1.54) is 30.6 Å². The van der Waals surface area contributed by atoms with Crippen LogP contribution in [0.2, 0.25) is 0 Å². The van der Waals surface area contributed by atoms with E-state index in [4.69, 9.17) is 0 Å². The van der Waals surface area contributed by atoms with E-state index in [9.17, 15) is 9.59 Å². The first-order valence-corrected chi connectivity index (χ1v) is 9.08. The number of carbonyl (C=O) groups excluding carboxylic acids is 2. The summed E-state index contributed by atoms with van der Waals surface area (Å²) in [5.74, 6) is 0.551. The smallest absolute Gasteiger partial charge is 0.273 e. The zero-order valence-corrected chi connectivity index (χ0v) is 14.3. The lowest BCUT2D eigenvalue weighted by Crippen LogP contribution is -2.45. The van der Waals surface area contributed by atoms with E-state index in [2.05, 4.69) is 17.8 Å². The molecule has 0 spiro atoms. The summed E-state index contributed by atoms with van der Waals surface area (Å²) in [7, 11) is 0. The normalized spacial score (nSPS) is 21.4. The lowest BCUT2D eigenvalue weighted by molar-refractivity contribution is -0.127. The van der Waals surface area contributed by atoms with Gasteiger partial charge in [-0.3, -0.25) is 20.4 Å². The van der Waals surface area contributed by atoms with Gasteiger partial charge in [0.25, 0.3) is 5.91 Å². The van der Waals surface area contributed by atoms with Crippen LogP contribution in [0.4, 0.5) is 0 Å².